The Morgan fingerprint density at radius 3 is 2.50 bits per heavy atom. The van der Waals surface area contributed by atoms with Gasteiger partial charge in [0.25, 0.3) is 0 Å². The number of benzene rings is 1. The predicted molar refractivity (Wildman–Crippen MR) is 142 cm³/mol. The molecule has 8 heteroatoms. The summed E-state index contributed by atoms with van der Waals surface area (Å²) in [6.45, 7) is 11.4. The maximum Gasteiger partial charge on any atom is 0.250 e. The van der Waals surface area contributed by atoms with Gasteiger partial charge in [-0.05, 0) is 64.3 Å². The number of nitrogens with zero attached hydrogens (tertiary/aromatic N) is 2. The van der Waals surface area contributed by atoms with Gasteiger partial charge in [0, 0.05) is 31.9 Å². The fraction of sp³-hybridized carbons (Fsp3) is 0.500. The number of hydrogen-bond donors (Lipinski definition) is 2. The summed E-state index contributed by atoms with van der Waals surface area (Å²) in [5, 5.41) is 6.76. The van der Waals surface area contributed by atoms with E-state index in [2.05, 4.69) is 22.5 Å². The summed E-state index contributed by atoms with van der Waals surface area (Å²) < 4.78 is 13.1. The number of aryl methyl sites for hydroxylation is 1. The molecule has 7 nitrogen and oxygen atoms in total. The third kappa shape index (κ3) is 9.10. The summed E-state index contributed by atoms with van der Waals surface area (Å²) in [5.74, 6) is 2.30. The fourth-order valence-corrected chi connectivity index (χ4v) is 3.18. The van der Waals surface area contributed by atoms with Crippen molar-refractivity contribution in [3.05, 3.63) is 58.5 Å². The van der Waals surface area contributed by atoms with Crippen molar-refractivity contribution in [2.24, 2.45) is 4.99 Å². The number of rotatable bonds is 12. The number of hydrogen-bond acceptors (Lipinski definition) is 4. The summed E-state index contributed by atoms with van der Waals surface area (Å²) in [5.41, 5.74) is 1.14. The first-order valence-electron chi connectivity index (χ1n) is 11.2. The van der Waals surface area contributed by atoms with Crippen LogP contribution in [-0.2, 0) is 6.54 Å². The lowest BCUT2D eigenvalue weighted by molar-refractivity contribution is 0.287. The molecule has 1 unspecified atom stereocenters. The molecule has 0 spiro atoms. The van der Waals surface area contributed by atoms with Gasteiger partial charge in [-0.2, -0.15) is 0 Å². The summed E-state index contributed by atoms with van der Waals surface area (Å²) in [6.07, 6.45) is 3.63. The lowest BCUT2D eigenvalue weighted by Crippen LogP contribution is -2.38. The number of aromatic nitrogens is 1. The van der Waals surface area contributed by atoms with Crippen LogP contribution in [0.2, 0.25) is 0 Å². The van der Waals surface area contributed by atoms with Crippen molar-refractivity contribution < 1.29 is 9.47 Å². The van der Waals surface area contributed by atoms with Crippen LogP contribution >= 0.6 is 24.0 Å². The first-order valence-corrected chi connectivity index (χ1v) is 11.2. The molecule has 32 heavy (non-hydrogen) atoms. The van der Waals surface area contributed by atoms with Gasteiger partial charge in [0.1, 0.15) is 0 Å². The van der Waals surface area contributed by atoms with Gasteiger partial charge >= 0.3 is 0 Å². The summed E-state index contributed by atoms with van der Waals surface area (Å²) in [6, 6.07) is 11.3. The molecule has 178 valence electrons. The van der Waals surface area contributed by atoms with Crippen molar-refractivity contribution >= 4 is 29.9 Å². The number of nitrogens with one attached hydrogen (secondary N) is 2. The van der Waals surface area contributed by atoms with Crippen molar-refractivity contribution in [3.8, 4) is 11.5 Å². The highest BCUT2D eigenvalue weighted by Gasteiger charge is 2.12. The van der Waals surface area contributed by atoms with Gasteiger partial charge < -0.3 is 24.7 Å². The Bertz CT molecular complexity index is 886. The number of unbranched alkanes of at least 4 members (excludes halogenated alkanes) is 1. The molecule has 1 aromatic heterocycles. The van der Waals surface area contributed by atoms with Gasteiger partial charge in [-0.25, -0.2) is 0 Å². The maximum atomic E-state index is 11.8. The molecule has 0 aliphatic carbocycles. The first kappa shape index (κ1) is 27.8. The Labute approximate surface area is 208 Å². The van der Waals surface area contributed by atoms with Crippen LogP contribution in [0.3, 0.4) is 0 Å². The van der Waals surface area contributed by atoms with E-state index in [1.165, 1.54) is 0 Å². The van der Waals surface area contributed by atoms with Crippen LogP contribution in [0.4, 0.5) is 0 Å². The number of aliphatic imine (C=N–C) groups is 1. The molecule has 0 saturated carbocycles. The van der Waals surface area contributed by atoms with Crippen LogP contribution in [0.1, 0.15) is 52.1 Å². The third-order valence-electron chi connectivity index (χ3n) is 4.74. The zero-order valence-corrected chi connectivity index (χ0v) is 21.9. The van der Waals surface area contributed by atoms with Gasteiger partial charge in [0.2, 0.25) is 5.56 Å². The Hall–Kier alpha value is -2.23. The number of ether oxygens (including phenoxy) is 2. The molecule has 0 aliphatic heterocycles. The zero-order valence-electron chi connectivity index (χ0n) is 19.6. The van der Waals surface area contributed by atoms with Crippen molar-refractivity contribution in [2.75, 3.05) is 26.3 Å². The average molecular weight is 556 g/mol. The molecule has 0 fully saturated rings. The second-order valence-electron chi connectivity index (χ2n) is 7.14. The average Bonchev–Trinajstić information content (AvgIpc) is 2.76. The van der Waals surface area contributed by atoms with E-state index >= 15 is 0 Å². The third-order valence-corrected chi connectivity index (χ3v) is 4.74. The van der Waals surface area contributed by atoms with E-state index in [0.717, 1.165) is 42.4 Å². The summed E-state index contributed by atoms with van der Waals surface area (Å²) in [7, 11) is 0. The van der Waals surface area contributed by atoms with E-state index in [-0.39, 0.29) is 35.6 Å². The fourth-order valence-electron chi connectivity index (χ4n) is 3.18. The normalized spacial score (nSPS) is 11.9. The van der Waals surface area contributed by atoms with E-state index in [4.69, 9.17) is 9.47 Å². The highest BCUT2D eigenvalue weighted by Crippen LogP contribution is 2.30. The lowest BCUT2D eigenvalue weighted by Gasteiger charge is -2.20. The largest absolute Gasteiger partial charge is 0.490 e. The molecule has 0 radical (unpaired) electrons. The maximum absolute atomic E-state index is 11.8. The van der Waals surface area contributed by atoms with Gasteiger partial charge in [-0.3, -0.25) is 9.79 Å². The lowest BCUT2D eigenvalue weighted by atomic mass is 10.1. The molecule has 1 atom stereocenters. The Morgan fingerprint density at radius 2 is 1.81 bits per heavy atom. The highest BCUT2D eigenvalue weighted by molar-refractivity contribution is 14.0. The minimum absolute atomic E-state index is 0. The van der Waals surface area contributed by atoms with Gasteiger partial charge in [0.15, 0.2) is 17.5 Å². The van der Waals surface area contributed by atoms with Gasteiger partial charge in [-0.15, -0.1) is 24.0 Å². The van der Waals surface area contributed by atoms with Crippen molar-refractivity contribution in [2.45, 2.75) is 53.1 Å². The van der Waals surface area contributed by atoms with E-state index < -0.39 is 0 Å². The highest BCUT2D eigenvalue weighted by atomic mass is 127. The second-order valence-corrected chi connectivity index (χ2v) is 7.14. The number of halogens is 1. The van der Waals surface area contributed by atoms with E-state index in [1.807, 2.05) is 51.2 Å². The number of guanidine groups is 1. The standard InChI is InChI=1S/C24H36N4O3.HI/c1-5-25-24(26-15-9-11-17-28-16-10-8-12-23(28)29)27-19(4)20-13-14-21(30-6-2)22(18-20)31-7-3;/h8,10,12-14,16,18-19H,5-7,9,11,15,17H2,1-4H3,(H2,25,26,27);1H. The molecule has 2 N–H and O–H groups in total. The van der Waals surface area contributed by atoms with Crippen LogP contribution in [0, 0.1) is 0 Å². The van der Waals surface area contributed by atoms with Crippen LogP contribution in [0.15, 0.2) is 52.4 Å². The van der Waals surface area contributed by atoms with Crippen LogP contribution in [-0.4, -0.2) is 36.8 Å². The molecule has 1 heterocycles. The SMILES string of the molecule is CCNC(=NCCCCn1ccccc1=O)NC(C)c1ccc(OCC)c(OCC)c1.I. The van der Waals surface area contributed by atoms with Crippen molar-refractivity contribution in [1.82, 2.24) is 15.2 Å². The molecular weight excluding hydrogens is 519 g/mol. The molecule has 2 rings (SSSR count). The molecule has 0 saturated heterocycles. The zero-order chi connectivity index (χ0) is 22.5. The summed E-state index contributed by atoms with van der Waals surface area (Å²) in [4.78, 5) is 16.4. The van der Waals surface area contributed by atoms with Gasteiger partial charge in [-0.1, -0.05) is 12.1 Å². The van der Waals surface area contributed by atoms with Crippen LogP contribution < -0.4 is 25.7 Å². The Balaban J connectivity index is 0.00000512. The first-order chi connectivity index (χ1) is 15.1. The minimum Gasteiger partial charge on any atom is -0.490 e. The molecule has 0 bridgehead atoms. The topological polar surface area (TPSA) is 76.9 Å². The minimum atomic E-state index is 0. The second kappa shape index (κ2) is 15.6. The van der Waals surface area contributed by atoms with Crippen molar-refractivity contribution in [3.63, 3.8) is 0 Å². The molecule has 0 amide bonds. The predicted octanol–water partition coefficient (Wildman–Crippen LogP) is 4.36. The molecule has 2 aromatic rings. The monoisotopic (exact) mass is 556 g/mol. The van der Waals surface area contributed by atoms with Crippen LogP contribution in [0.25, 0.3) is 0 Å². The Kier molecular flexibility index (Phi) is 13.5. The smallest absolute Gasteiger partial charge is 0.250 e. The Morgan fingerprint density at radius 1 is 1.06 bits per heavy atom. The van der Waals surface area contributed by atoms with Crippen molar-refractivity contribution in [1.29, 1.82) is 0 Å². The quantitative estimate of drug-likeness (QED) is 0.176. The van der Waals surface area contributed by atoms with E-state index in [1.54, 1.807) is 16.7 Å². The molecular formula is C24H37IN4O3. The molecule has 1 aromatic carbocycles. The molecule has 0 aliphatic rings. The van der Waals surface area contributed by atoms with E-state index in [0.29, 0.717) is 26.3 Å². The van der Waals surface area contributed by atoms with Gasteiger partial charge in [0.05, 0.1) is 19.3 Å². The number of pyridine rings is 1. The van der Waals surface area contributed by atoms with E-state index in [9.17, 15) is 4.79 Å². The summed E-state index contributed by atoms with van der Waals surface area (Å²) >= 11 is 0. The van der Waals surface area contributed by atoms with Crippen LogP contribution in [0.5, 0.6) is 11.5 Å².